The molecule has 1 aliphatic carbocycles. The molecule has 1 fully saturated rings. The van der Waals surface area contributed by atoms with E-state index in [2.05, 4.69) is 45.0 Å². The van der Waals surface area contributed by atoms with Gasteiger partial charge in [0.1, 0.15) is 0 Å². The molecule has 0 saturated heterocycles. The number of nitrogens with zero attached hydrogens (tertiary/aromatic N) is 1. The van der Waals surface area contributed by atoms with Crippen LogP contribution < -0.4 is 5.32 Å². The molecule has 0 aromatic rings. The van der Waals surface area contributed by atoms with Crippen LogP contribution >= 0.6 is 0 Å². The molecule has 0 heterocycles. The average molecular weight is 240 g/mol. The summed E-state index contributed by atoms with van der Waals surface area (Å²) in [5, 5.41) is 3.60. The summed E-state index contributed by atoms with van der Waals surface area (Å²) >= 11 is 0. The quantitative estimate of drug-likeness (QED) is 0.793. The van der Waals surface area contributed by atoms with E-state index in [-0.39, 0.29) is 5.54 Å². The van der Waals surface area contributed by atoms with Crippen molar-refractivity contribution in [2.75, 3.05) is 20.1 Å². The van der Waals surface area contributed by atoms with Crippen molar-refractivity contribution in [2.45, 2.75) is 71.4 Å². The molecule has 2 nitrogen and oxygen atoms in total. The van der Waals surface area contributed by atoms with E-state index >= 15 is 0 Å². The molecule has 0 aromatic carbocycles. The number of rotatable bonds is 5. The molecule has 1 atom stereocenters. The summed E-state index contributed by atoms with van der Waals surface area (Å²) in [5.41, 5.74) is 0.236. The first-order valence-electron chi connectivity index (χ1n) is 7.34. The Kier molecular flexibility index (Phi) is 5.94. The fraction of sp³-hybridized carbons (Fsp3) is 1.00. The van der Waals surface area contributed by atoms with Gasteiger partial charge in [-0.15, -0.1) is 0 Å². The van der Waals surface area contributed by atoms with Gasteiger partial charge in [-0.2, -0.15) is 0 Å². The maximum absolute atomic E-state index is 3.60. The first-order chi connectivity index (χ1) is 7.88. The fourth-order valence-corrected chi connectivity index (χ4v) is 2.57. The number of likely N-dealkylation sites (N-methyl/N-ethyl adjacent to an activating group) is 1. The van der Waals surface area contributed by atoms with Gasteiger partial charge in [0.2, 0.25) is 0 Å². The largest absolute Gasteiger partial charge is 0.311 e. The Labute approximate surface area is 108 Å². The average Bonchev–Trinajstić information content (AvgIpc) is 2.26. The fourth-order valence-electron chi connectivity index (χ4n) is 2.57. The van der Waals surface area contributed by atoms with Crippen molar-refractivity contribution in [1.82, 2.24) is 10.2 Å². The molecule has 1 N–H and O–H groups in total. The van der Waals surface area contributed by atoms with Crippen LogP contribution in [0.3, 0.4) is 0 Å². The lowest BCUT2D eigenvalue weighted by molar-refractivity contribution is 0.181. The van der Waals surface area contributed by atoms with E-state index in [9.17, 15) is 0 Å². The minimum absolute atomic E-state index is 0.236. The molecule has 17 heavy (non-hydrogen) atoms. The molecular weight excluding hydrogens is 208 g/mol. The highest BCUT2D eigenvalue weighted by Gasteiger charge is 2.19. The third-order valence-corrected chi connectivity index (χ3v) is 3.95. The molecule has 0 bridgehead atoms. The number of nitrogens with one attached hydrogen (secondary N) is 1. The normalized spacial score (nSPS) is 20.8. The monoisotopic (exact) mass is 240 g/mol. The lowest BCUT2D eigenvalue weighted by Gasteiger charge is -2.33. The Bertz CT molecular complexity index is 201. The maximum atomic E-state index is 3.60. The Morgan fingerprint density at radius 1 is 1.18 bits per heavy atom. The Morgan fingerprint density at radius 3 is 2.29 bits per heavy atom. The van der Waals surface area contributed by atoms with Gasteiger partial charge in [0.05, 0.1) is 0 Å². The third-order valence-electron chi connectivity index (χ3n) is 3.95. The van der Waals surface area contributed by atoms with E-state index < -0.39 is 0 Å². The predicted molar refractivity (Wildman–Crippen MR) is 76.4 cm³/mol. The van der Waals surface area contributed by atoms with Crippen molar-refractivity contribution in [3.05, 3.63) is 0 Å². The zero-order valence-corrected chi connectivity index (χ0v) is 12.6. The smallest absolute Gasteiger partial charge is 0.0189 e. The molecule has 0 aliphatic heterocycles. The van der Waals surface area contributed by atoms with Crippen molar-refractivity contribution in [2.24, 2.45) is 5.92 Å². The molecule has 1 unspecified atom stereocenters. The van der Waals surface area contributed by atoms with Crippen LogP contribution in [0.25, 0.3) is 0 Å². The van der Waals surface area contributed by atoms with Crippen LogP contribution in [0.2, 0.25) is 0 Å². The highest BCUT2D eigenvalue weighted by Crippen LogP contribution is 2.24. The zero-order valence-electron chi connectivity index (χ0n) is 12.6. The van der Waals surface area contributed by atoms with Crippen LogP contribution in [0.4, 0.5) is 0 Å². The third kappa shape index (κ3) is 6.42. The summed E-state index contributed by atoms with van der Waals surface area (Å²) in [6.45, 7) is 11.4. The molecule has 1 rings (SSSR count). The highest BCUT2D eigenvalue weighted by molar-refractivity contribution is 4.77. The van der Waals surface area contributed by atoms with Crippen LogP contribution in [-0.4, -0.2) is 36.6 Å². The topological polar surface area (TPSA) is 15.3 Å². The van der Waals surface area contributed by atoms with Gasteiger partial charge in [-0.3, -0.25) is 0 Å². The van der Waals surface area contributed by atoms with Gasteiger partial charge in [-0.1, -0.05) is 19.3 Å². The first-order valence-corrected chi connectivity index (χ1v) is 7.34. The van der Waals surface area contributed by atoms with E-state index in [1.54, 1.807) is 0 Å². The van der Waals surface area contributed by atoms with Gasteiger partial charge in [-0.25, -0.2) is 0 Å². The van der Waals surface area contributed by atoms with Crippen LogP contribution in [0, 0.1) is 5.92 Å². The minimum Gasteiger partial charge on any atom is -0.311 e. The summed E-state index contributed by atoms with van der Waals surface area (Å²) in [6.07, 6.45) is 7.26. The lowest BCUT2D eigenvalue weighted by Crippen LogP contribution is -2.46. The van der Waals surface area contributed by atoms with Crippen molar-refractivity contribution >= 4 is 0 Å². The van der Waals surface area contributed by atoms with E-state index in [1.165, 1.54) is 38.6 Å². The second kappa shape index (κ2) is 6.75. The standard InChI is InChI=1S/C15H32N2/c1-13(11-16-15(2,3)4)17(5)12-14-9-7-6-8-10-14/h13-14,16H,6-12H2,1-5H3. The maximum Gasteiger partial charge on any atom is 0.0189 e. The van der Waals surface area contributed by atoms with E-state index in [1.807, 2.05) is 0 Å². The van der Waals surface area contributed by atoms with Gasteiger partial charge in [-0.05, 0) is 53.5 Å². The Morgan fingerprint density at radius 2 is 1.76 bits per heavy atom. The van der Waals surface area contributed by atoms with Crippen LogP contribution in [-0.2, 0) is 0 Å². The number of hydrogen-bond acceptors (Lipinski definition) is 2. The molecule has 1 aliphatic rings. The van der Waals surface area contributed by atoms with Gasteiger partial charge in [0.15, 0.2) is 0 Å². The van der Waals surface area contributed by atoms with Gasteiger partial charge in [0, 0.05) is 24.7 Å². The summed E-state index contributed by atoms with van der Waals surface area (Å²) < 4.78 is 0. The molecular formula is C15H32N2. The second-order valence-electron chi connectivity index (χ2n) is 6.92. The van der Waals surface area contributed by atoms with Gasteiger partial charge >= 0.3 is 0 Å². The highest BCUT2D eigenvalue weighted by atomic mass is 15.2. The van der Waals surface area contributed by atoms with Crippen LogP contribution in [0.1, 0.15) is 59.8 Å². The van der Waals surface area contributed by atoms with Crippen LogP contribution in [0.5, 0.6) is 0 Å². The summed E-state index contributed by atoms with van der Waals surface area (Å²) in [6, 6.07) is 0.635. The molecule has 0 spiro atoms. The lowest BCUT2D eigenvalue weighted by atomic mass is 9.89. The van der Waals surface area contributed by atoms with E-state index in [4.69, 9.17) is 0 Å². The predicted octanol–water partition coefficient (Wildman–Crippen LogP) is 3.28. The molecule has 2 heteroatoms. The van der Waals surface area contributed by atoms with Crippen molar-refractivity contribution in [3.63, 3.8) is 0 Å². The Balaban J connectivity index is 2.23. The summed E-state index contributed by atoms with van der Waals surface area (Å²) in [4.78, 5) is 2.54. The van der Waals surface area contributed by atoms with Crippen molar-refractivity contribution < 1.29 is 0 Å². The van der Waals surface area contributed by atoms with Crippen molar-refractivity contribution in [1.29, 1.82) is 0 Å². The SMILES string of the molecule is CC(CNC(C)(C)C)N(C)CC1CCCCC1. The molecule has 1 saturated carbocycles. The molecule has 0 aromatic heterocycles. The van der Waals surface area contributed by atoms with Crippen LogP contribution in [0.15, 0.2) is 0 Å². The minimum atomic E-state index is 0.236. The Hall–Kier alpha value is -0.0800. The molecule has 0 amide bonds. The first kappa shape index (κ1) is 15.0. The zero-order chi connectivity index (χ0) is 12.9. The van der Waals surface area contributed by atoms with Gasteiger partial charge < -0.3 is 10.2 Å². The summed E-state index contributed by atoms with van der Waals surface area (Å²) in [5.74, 6) is 0.950. The van der Waals surface area contributed by atoms with Crippen molar-refractivity contribution in [3.8, 4) is 0 Å². The molecule has 0 radical (unpaired) electrons. The van der Waals surface area contributed by atoms with Gasteiger partial charge in [0.25, 0.3) is 0 Å². The molecule has 102 valence electrons. The number of hydrogen-bond donors (Lipinski definition) is 1. The van der Waals surface area contributed by atoms with E-state index in [0.29, 0.717) is 6.04 Å². The second-order valence-corrected chi connectivity index (χ2v) is 6.92. The summed E-state index contributed by atoms with van der Waals surface area (Å²) in [7, 11) is 2.28. The van der Waals surface area contributed by atoms with E-state index in [0.717, 1.165) is 12.5 Å².